The van der Waals surface area contributed by atoms with Crippen LogP contribution >= 0.6 is 0 Å². The molecule has 0 aliphatic carbocycles. The van der Waals surface area contributed by atoms with E-state index in [1.165, 1.54) is 4.90 Å². The number of carbonyl (C=O) groups excluding carboxylic acids is 2. The van der Waals surface area contributed by atoms with Crippen molar-refractivity contribution in [2.24, 2.45) is 5.92 Å². The van der Waals surface area contributed by atoms with Gasteiger partial charge in [-0.2, -0.15) is 0 Å². The molecule has 0 spiro atoms. The van der Waals surface area contributed by atoms with Crippen LogP contribution in [0.25, 0.3) is 0 Å². The summed E-state index contributed by atoms with van der Waals surface area (Å²) in [6.45, 7) is 4.79. The number of hydrogen-bond acceptors (Lipinski definition) is 4. The van der Waals surface area contributed by atoms with Crippen LogP contribution in [0.2, 0.25) is 0 Å². The standard InChI is InChI=1S/C11H20N2O4S/c1-9(2)7-12-8-10(14)13(11(12)15)5-4-6-18(3,16)17/h9H,4-8H2,1-3H3. The van der Waals surface area contributed by atoms with Gasteiger partial charge < -0.3 is 4.90 Å². The second-order valence-electron chi connectivity index (χ2n) is 5.09. The summed E-state index contributed by atoms with van der Waals surface area (Å²) < 4.78 is 22.0. The minimum atomic E-state index is -3.05. The molecular weight excluding hydrogens is 256 g/mol. The Morgan fingerprint density at radius 3 is 2.39 bits per heavy atom. The summed E-state index contributed by atoms with van der Waals surface area (Å²) in [5.41, 5.74) is 0. The Bertz CT molecular complexity index is 430. The Morgan fingerprint density at radius 2 is 1.89 bits per heavy atom. The summed E-state index contributed by atoms with van der Waals surface area (Å²) in [5, 5.41) is 0. The SMILES string of the molecule is CC(C)CN1CC(=O)N(CCCS(C)(=O)=O)C1=O. The minimum Gasteiger partial charge on any atom is -0.315 e. The van der Waals surface area contributed by atoms with Crippen LogP contribution in [0, 0.1) is 5.92 Å². The number of nitrogens with zero attached hydrogens (tertiary/aromatic N) is 2. The summed E-state index contributed by atoms with van der Waals surface area (Å²) in [5.74, 6) is 0.0562. The van der Waals surface area contributed by atoms with Gasteiger partial charge in [-0.25, -0.2) is 13.2 Å². The molecule has 0 aromatic heterocycles. The Morgan fingerprint density at radius 1 is 1.28 bits per heavy atom. The van der Waals surface area contributed by atoms with Gasteiger partial charge in [-0.1, -0.05) is 13.8 Å². The molecule has 0 bridgehead atoms. The van der Waals surface area contributed by atoms with E-state index >= 15 is 0 Å². The molecule has 1 fully saturated rings. The number of carbonyl (C=O) groups is 2. The van der Waals surface area contributed by atoms with E-state index in [1.807, 2.05) is 13.8 Å². The summed E-state index contributed by atoms with van der Waals surface area (Å²) in [7, 11) is -3.05. The lowest BCUT2D eigenvalue weighted by atomic mass is 10.2. The predicted molar refractivity (Wildman–Crippen MR) is 67.8 cm³/mol. The van der Waals surface area contributed by atoms with Gasteiger partial charge in [0.2, 0.25) is 5.91 Å². The topological polar surface area (TPSA) is 74.8 Å². The molecule has 1 heterocycles. The molecule has 0 atom stereocenters. The van der Waals surface area contributed by atoms with Crippen LogP contribution in [0.4, 0.5) is 4.79 Å². The first-order valence-electron chi connectivity index (χ1n) is 5.97. The van der Waals surface area contributed by atoms with E-state index in [0.717, 1.165) is 11.2 Å². The van der Waals surface area contributed by atoms with Gasteiger partial charge in [-0.3, -0.25) is 9.69 Å². The normalized spacial score (nSPS) is 17.1. The molecule has 1 aliphatic rings. The Labute approximate surface area is 108 Å². The fourth-order valence-corrected chi connectivity index (χ4v) is 2.54. The van der Waals surface area contributed by atoms with Crippen LogP contribution in [0.1, 0.15) is 20.3 Å². The third-order valence-corrected chi connectivity index (χ3v) is 3.64. The van der Waals surface area contributed by atoms with Gasteiger partial charge in [0.05, 0.1) is 5.75 Å². The highest BCUT2D eigenvalue weighted by molar-refractivity contribution is 7.90. The van der Waals surface area contributed by atoms with E-state index in [9.17, 15) is 18.0 Å². The monoisotopic (exact) mass is 276 g/mol. The first-order valence-corrected chi connectivity index (χ1v) is 8.04. The smallest absolute Gasteiger partial charge is 0.315 e. The van der Waals surface area contributed by atoms with Crippen molar-refractivity contribution >= 4 is 21.8 Å². The predicted octanol–water partition coefficient (Wildman–Crippen LogP) is 0.341. The van der Waals surface area contributed by atoms with E-state index in [2.05, 4.69) is 0 Å². The molecule has 1 rings (SSSR count). The molecule has 7 heteroatoms. The highest BCUT2D eigenvalue weighted by Gasteiger charge is 2.35. The zero-order valence-corrected chi connectivity index (χ0v) is 11.9. The van der Waals surface area contributed by atoms with E-state index < -0.39 is 9.84 Å². The summed E-state index contributed by atoms with van der Waals surface area (Å²) in [6.07, 6.45) is 1.44. The maximum absolute atomic E-state index is 11.9. The lowest BCUT2D eigenvalue weighted by Gasteiger charge is -2.18. The van der Waals surface area contributed by atoms with Crippen molar-refractivity contribution in [1.82, 2.24) is 9.80 Å². The Kier molecular flexibility index (Phi) is 4.72. The minimum absolute atomic E-state index is 0.00571. The first kappa shape index (κ1) is 14.9. The van der Waals surface area contributed by atoms with Crippen LogP contribution in [0.5, 0.6) is 0 Å². The van der Waals surface area contributed by atoms with Crippen LogP contribution in [-0.4, -0.2) is 61.8 Å². The number of amides is 3. The highest BCUT2D eigenvalue weighted by atomic mass is 32.2. The van der Waals surface area contributed by atoms with Gasteiger partial charge >= 0.3 is 6.03 Å². The van der Waals surface area contributed by atoms with Gasteiger partial charge in [-0.15, -0.1) is 0 Å². The average molecular weight is 276 g/mol. The molecular formula is C11H20N2O4S. The molecule has 104 valence electrons. The maximum atomic E-state index is 11.9. The third kappa shape index (κ3) is 4.29. The average Bonchev–Trinajstić information content (AvgIpc) is 2.42. The van der Waals surface area contributed by atoms with E-state index in [1.54, 1.807) is 0 Å². The second-order valence-corrected chi connectivity index (χ2v) is 7.35. The molecule has 0 saturated carbocycles. The fraction of sp³-hybridized carbons (Fsp3) is 0.818. The van der Waals surface area contributed by atoms with Crippen molar-refractivity contribution in [3.63, 3.8) is 0 Å². The summed E-state index contributed by atoms with van der Waals surface area (Å²) in [4.78, 5) is 26.2. The Hall–Kier alpha value is -1.11. The van der Waals surface area contributed by atoms with E-state index in [0.29, 0.717) is 18.9 Å². The summed E-state index contributed by atoms with van der Waals surface area (Å²) in [6, 6.07) is -0.304. The van der Waals surface area contributed by atoms with Gasteiger partial charge in [-0.05, 0) is 12.3 Å². The van der Waals surface area contributed by atoms with E-state index in [4.69, 9.17) is 0 Å². The van der Waals surface area contributed by atoms with Gasteiger partial charge in [0.15, 0.2) is 0 Å². The largest absolute Gasteiger partial charge is 0.327 e. The van der Waals surface area contributed by atoms with Crippen molar-refractivity contribution in [2.45, 2.75) is 20.3 Å². The van der Waals surface area contributed by atoms with Crippen molar-refractivity contribution in [2.75, 3.05) is 31.6 Å². The second kappa shape index (κ2) is 5.69. The molecule has 6 nitrogen and oxygen atoms in total. The molecule has 0 unspecified atom stereocenters. The van der Waals surface area contributed by atoms with Crippen LogP contribution in [0.3, 0.4) is 0 Å². The molecule has 1 saturated heterocycles. The first-order chi connectivity index (χ1) is 8.20. The lowest BCUT2D eigenvalue weighted by Crippen LogP contribution is -2.35. The van der Waals surface area contributed by atoms with Crippen molar-refractivity contribution in [1.29, 1.82) is 0 Å². The van der Waals surface area contributed by atoms with Crippen LogP contribution < -0.4 is 0 Å². The molecule has 1 aliphatic heterocycles. The molecule has 3 amide bonds. The van der Waals surface area contributed by atoms with Gasteiger partial charge in [0, 0.05) is 19.3 Å². The van der Waals surface area contributed by atoms with Crippen molar-refractivity contribution < 1.29 is 18.0 Å². The molecule has 0 aromatic carbocycles. The number of urea groups is 1. The van der Waals surface area contributed by atoms with Crippen molar-refractivity contribution in [3.8, 4) is 0 Å². The maximum Gasteiger partial charge on any atom is 0.327 e. The van der Waals surface area contributed by atoms with Gasteiger partial charge in [0.25, 0.3) is 0 Å². The zero-order valence-electron chi connectivity index (χ0n) is 11.0. The van der Waals surface area contributed by atoms with Crippen LogP contribution in [-0.2, 0) is 14.6 Å². The molecule has 0 N–H and O–H groups in total. The van der Waals surface area contributed by atoms with Crippen LogP contribution in [0.15, 0.2) is 0 Å². The number of hydrogen-bond donors (Lipinski definition) is 0. The quantitative estimate of drug-likeness (QED) is 0.656. The lowest BCUT2D eigenvalue weighted by molar-refractivity contribution is -0.125. The molecule has 0 aromatic rings. The molecule has 18 heavy (non-hydrogen) atoms. The summed E-state index contributed by atoms with van der Waals surface area (Å²) >= 11 is 0. The molecule has 0 radical (unpaired) electrons. The van der Waals surface area contributed by atoms with E-state index in [-0.39, 0.29) is 30.8 Å². The third-order valence-electron chi connectivity index (χ3n) is 2.61. The zero-order chi connectivity index (χ0) is 13.9. The highest BCUT2D eigenvalue weighted by Crippen LogP contribution is 2.13. The number of sulfone groups is 1. The fourth-order valence-electron chi connectivity index (χ4n) is 1.88. The number of rotatable bonds is 6. The Balaban J connectivity index is 2.52. The van der Waals surface area contributed by atoms with Gasteiger partial charge in [0.1, 0.15) is 16.4 Å². The van der Waals surface area contributed by atoms with Crippen molar-refractivity contribution in [3.05, 3.63) is 0 Å². The number of imide groups is 1.